The Morgan fingerprint density at radius 1 is 1.35 bits per heavy atom. The van der Waals surface area contributed by atoms with E-state index in [2.05, 4.69) is 25.9 Å². The minimum absolute atomic E-state index is 0.428. The zero-order valence-electron chi connectivity index (χ0n) is 9.38. The van der Waals surface area contributed by atoms with Crippen molar-refractivity contribution < 1.29 is 9.47 Å². The van der Waals surface area contributed by atoms with Crippen molar-refractivity contribution in [2.75, 3.05) is 14.2 Å². The summed E-state index contributed by atoms with van der Waals surface area (Å²) < 4.78 is 11.2. The van der Waals surface area contributed by atoms with Crippen LogP contribution in [0.25, 0.3) is 10.7 Å². The first-order valence-corrected chi connectivity index (χ1v) is 6.55. The van der Waals surface area contributed by atoms with Crippen LogP contribution in [0.15, 0.2) is 28.2 Å². The van der Waals surface area contributed by atoms with Crippen LogP contribution >= 0.6 is 27.3 Å². The van der Waals surface area contributed by atoms with Crippen molar-refractivity contribution in [3.8, 4) is 10.7 Å². The Bertz CT molecular complexity index is 500. The molecule has 0 N–H and O–H groups in total. The van der Waals surface area contributed by atoms with Crippen molar-refractivity contribution in [2.24, 2.45) is 0 Å². The van der Waals surface area contributed by atoms with E-state index in [0.29, 0.717) is 0 Å². The van der Waals surface area contributed by atoms with Crippen molar-refractivity contribution in [1.82, 2.24) is 9.97 Å². The molecule has 0 spiro atoms. The molecule has 0 aliphatic rings. The van der Waals surface area contributed by atoms with Gasteiger partial charge in [-0.3, -0.25) is 4.98 Å². The van der Waals surface area contributed by atoms with E-state index in [4.69, 9.17) is 9.47 Å². The standard InChI is InChI=1S/C11H11BrN2O2S/c1-15-11(16-2)8-6-17-10(14-8)9-7(12)4-3-5-13-9/h3-6,11H,1-2H3. The van der Waals surface area contributed by atoms with E-state index < -0.39 is 6.29 Å². The van der Waals surface area contributed by atoms with E-state index in [1.807, 2.05) is 17.5 Å². The molecule has 17 heavy (non-hydrogen) atoms. The van der Waals surface area contributed by atoms with Crippen LogP contribution in [0.1, 0.15) is 12.0 Å². The van der Waals surface area contributed by atoms with Crippen LogP contribution in [0.5, 0.6) is 0 Å². The highest BCUT2D eigenvalue weighted by Crippen LogP contribution is 2.30. The van der Waals surface area contributed by atoms with Gasteiger partial charge in [0.2, 0.25) is 6.29 Å². The summed E-state index contributed by atoms with van der Waals surface area (Å²) >= 11 is 4.97. The first-order chi connectivity index (χ1) is 8.26. The average Bonchev–Trinajstić information content (AvgIpc) is 2.81. The largest absolute Gasteiger partial charge is 0.350 e. The van der Waals surface area contributed by atoms with Gasteiger partial charge in [0.15, 0.2) is 0 Å². The molecule has 0 saturated carbocycles. The van der Waals surface area contributed by atoms with Gasteiger partial charge in [-0.2, -0.15) is 0 Å². The molecule has 0 radical (unpaired) electrons. The lowest BCUT2D eigenvalue weighted by Crippen LogP contribution is -2.03. The topological polar surface area (TPSA) is 44.2 Å². The molecule has 4 nitrogen and oxygen atoms in total. The third kappa shape index (κ3) is 2.71. The molecule has 0 aliphatic heterocycles. The van der Waals surface area contributed by atoms with Crippen LogP contribution < -0.4 is 0 Å². The number of aromatic nitrogens is 2. The van der Waals surface area contributed by atoms with E-state index in [-0.39, 0.29) is 0 Å². The van der Waals surface area contributed by atoms with Gasteiger partial charge in [-0.15, -0.1) is 11.3 Å². The van der Waals surface area contributed by atoms with Crippen LogP contribution in [-0.2, 0) is 9.47 Å². The average molecular weight is 315 g/mol. The Hall–Kier alpha value is -0.820. The molecule has 2 aromatic rings. The molecule has 2 heterocycles. The number of ether oxygens (including phenoxy) is 2. The predicted octanol–water partition coefficient (Wildman–Crippen LogP) is 3.26. The molecule has 0 bridgehead atoms. The SMILES string of the molecule is COC(OC)c1csc(-c2ncccc2Br)n1. The minimum atomic E-state index is -0.428. The lowest BCUT2D eigenvalue weighted by atomic mass is 10.3. The van der Waals surface area contributed by atoms with Gasteiger partial charge in [0, 0.05) is 30.3 Å². The zero-order chi connectivity index (χ0) is 12.3. The number of hydrogen-bond donors (Lipinski definition) is 0. The van der Waals surface area contributed by atoms with Gasteiger partial charge >= 0.3 is 0 Å². The summed E-state index contributed by atoms with van der Waals surface area (Å²) in [5.41, 5.74) is 1.59. The number of rotatable bonds is 4. The molecule has 0 atom stereocenters. The highest BCUT2D eigenvalue weighted by molar-refractivity contribution is 9.10. The second kappa shape index (κ2) is 5.68. The fraction of sp³-hybridized carbons (Fsp3) is 0.273. The molecule has 0 saturated heterocycles. The maximum absolute atomic E-state index is 5.15. The highest BCUT2D eigenvalue weighted by atomic mass is 79.9. The number of methoxy groups -OCH3 is 2. The fourth-order valence-corrected chi connectivity index (χ4v) is 2.79. The van der Waals surface area contributed by atoms with Gasteiger partial charge in [-0.05, 0) is 28.1 Å². The van der Waals surface area contributed by atoms with Crippen molar-refractivity contribution in [2.45, 2.75) is 6.29 Å². The summed E-state index contributed by atoms with van der Waals surface area (Å²) in [6.45, 7) is 0. The summed E-state index contributed by atoms with van der Waals surface area (Å²) in [6.07, 6.45) is 1.31. The Kier molecular flexibility index (Phi) is 4.22. The zero-order valence-corrected chi connectivity index (χ0v) is 11.8. The molecule has 0 unspecified atom stereocenters. The number of nitrogens with zero attached hydrogens (tertiary/aromatic N) is 2. The molecule has 0 aromatic carbocycles. The van der Waals surface area contributed by atoms with Gasteiger partial charge in [0.05, 0.1) is 0 Å². The van der Waals surface area contributed by atoms with Crippen LogP contribution in [0, 0.1) is 0 Å². The van der Waals surface area contributed by atoms with Crippen molar-refractivity contribution in [3.05, 3.63) is 33.9 Å². The molecular weight excluding hydrogens is 304 g/mol. The molecule has 0 fully saturated rings. The molecule has 90 valence electrons. The van der Waals surface area contributed by atoms with Gasteiger partial charge in [-0.25, -0.2) is 4.98 Å². The second-order valence-electron chi connectivity index (χ2n) is 3.21. The van der Waals surface area contributed by atoms with Crippen LogP contribution in [0.4, 0.5) is 0 Å². The Balaban J connectivity index is 2.33. The molecule has 2 aromatic heterocycles. The van der Waals surface area contributed by atoms with Crippen LogP contribution in [0.2, 0.25) is 0 Å². The van der Waals surface area contributed by atoms with E-state index in [0.717, 1.165) is 20.9 Å². The lowest BCUT2D eigenvalue weighted by molar-refractivity contribution is -0.108. The Morgan fingerprint density at radius 3 is 2.76 bits per heavy atom. The molecular formula is C11H11BrN2O2S. The highest BCUT2D eigenvalue weighted by Gasteiger charge is 2.15. The van der Waals surface area contributed by atoms with E-state index in [9.17, 15) is 0 Å². The van der Waals surface area contributed by atoms with E-state index >= 15 is 0 Å². The van der Waals surface area contributed by atoms with Crippen molar-refractivity contribution in [3.63, 3.8) is 0 Å². The Labute approximate surface area is 112 Å². The van der Waals surface area contributed by atoms with Crippen LogP contribution in [0.3, 0.4) is 0 Å². The fourth-order valence-electron chi connectivity index (χ4n) is 1.38. The van der Waals surface area contributed by atoms with Crippen molar-refractivity contribution in [1.29, 1.82) is 0 Å². The first-order valence-electron chi connectivity index (χ1n) is 4.88. The molecule has 2 rings (SSSR count). The summed E-state index contributed by atoms with van der Waals surface area (Å²) in [5, 5.41) is 2.75. The predicted molar refractivity (Wildman–Crippen MR) is 69.8 cm³/mol. The van der Waals surface area contributed by atoms with Gasteiger partial charge in [0.25, 0.3) is 0 Å². The summed E-state index contributed by atoms with van der Waals surface area (Å²) in [6, 6.07) is 3.81. The normalized spacial score (nSPS) is 11.1. The number of thiazole rings is 1. The molecule has 6 heteroatoms. The number of halogens is 1. The number of hydrogen-bond acceptors (Lipinski definition) is 5. The summed E-state index contributed by atoms with van der Waals surface area (Å²) in [4.78, 5) is 8.75. The quantitative estimate of drug-likeness (QED) is 0.812. The molecule has 0 aliphatic carbocycles. The third-order valence-corrected chi connectivity index (χ3v) is 3.66. The van der Waals surface area contributed by atoms with Crippen molar-refractivity contribution >= 4 is 27.3 Å². The summed E-state index contributed by atoms with van der Waals surface area (Å²) in [7, 11) is 3.17. The van der Waals surface area contributed by atoms with E-state index in [1.54, 1.807) is 20.4 Å². The summed E-state index contributed by atoms with van der Waals surface area (Å²) in [5.74, 6) is 0. The maximum Gasteiger partial charge on any atom is 0.201 e. The smallest absolute Gasteiger partial charge is 0.201 e. The van der Waals surface area contributed by atoms with Gasteiger partial charge < -0.3 is 9.47 Å². The lowest BCUT2D eigenvalue weighted by Gasteiger charge is -2.09. The van der Waals surface area contributed by atoms with Gasteiger partial charge in [0.1, 0.15) is 16.4 Å². The first kappa shape index (κ1) is 12.6. The monoisotopic (exact) mass is 314 g/mol. The third-order valence-electron chi connectivity index (χ3n) is 2.15. The van der Waals surface area contributed by atoms with Gasteiger partial charge in [-0.1, -0.05) is 0 Å². The second-order valence-corrected chi connectivity index (χ2v) is 4.93. The Morgan fingerprint density at radius 2 is 2.12 bits per heavy atom. The van der Waals surface area contributed by atoms with Crippen LogP contribution in [-0.4, -0.2) is 24.2 Å². The number of pyridine rings is 1. The maximum atomic E-state index is 5.15. The minimum Gasteiger partial charge on any atom is -0.350 e. The van der Waals surface area contributed by atoms with E-state index in [1.165, 1.54) is 11.3 Å². The molecule has 0 amide bonds.